The van der Waals surface area contributed by atoms with E-state index in [0.29, 0.717) is 0 Å². The van der Waals surface area contributed by atoms with Gasteiger partial charge in [0.1, 0.15) is 0 Å². The molecule has 1 aromatic rings. The topological polar surface area (TPSA) is 26.7 Å². The van der Waals surface area contributed by atoms with E-state index < -0.39 is 0 Å². The molecule has 0 amide bonds. The molecule has 17 heavy (non-hydrogen) atoms. The molecule has 2 rings (SSSR count). The highest BCUT2D eigenvalue weighted by molar-refractivity contribution is 5.17. The van der Waals surface area contributed by atoms with Crippen LogP contribution in [-0.4, -0.2) is 54.2 Å². The van der Waals surface area contributed by atoms with Gasteiger partial charge in [-0.25, -0.2) is 0 Å². The van der Waals surface area contributed by atoms with Crippen molar-refractivity contribution in [3.63, 3.8) is 0 Å². The summed E-state index contributed by atoms with van der Waals surface area (Å²) in [5, 5.41) is 10.1. The number of hydrogen-bond acceptors (Lipinski definition) is 3. The van der Waals surface area contributed by atoms with E-state index in [1.165, 1.54) is 0 Å². The lowest BCUT2D eigenvalue weighted by Gasteiger charge is -2.35. The first-order valence-corrected chi connectivity index (χ1v) is 6.47. The molecule has 0 aliphatic carbocycles. The minimum atomic E-state index is -0.357. The number of rotatable bonds is 4. The minimum absolute atomic E-state index is 0.357. The smallest absolute Gasteiger partial charge is 0.0916 e. The minimum Gasteiger partial charge on any atom is -0.387 e. The normalized spacial score (nSPS) is 20.4. The number of piperazine rings is 1. The van der Waals surface area contributed by atoms with E-state index in [1.807, 2.05) is 30.3 Å². The molecule has 0 unspecified atom stereocenters. The van der Waals surface area contributed by atoms with Gasteiger partial charge in [-0.05, 0) is 12.1 Å². The fourth-order valence-corrected chi connectivity index (χ4v) is 2.31. The summed E-state index contributed by atoms with van der Waals surface area (Å²) in [5.41, 5.74) is 1.02. The van der Waals surface area contributed by atoms with Crippen molar-refractivity contribution >= 4 is 0 Å². The Hall–Kier alpha value is -0.900. The van der Waals surface area contributed by atoms with Gasteiger partial charge in [-0.15, -0.1) is 0 Å². The van der Waals surface area contributed by atoms with Crippen LogP contribution in [0.15, 0.2) is 30.3 Å². The number of β-amino-alcohol motifs (C(OH)–C–C–N with tert-alkyl or cyclic N) is 1. The average Bonchev–Trinajstić information content (AvgIpc) is 2.40. The van der Waals surface area contributed by atoms with Gasteiger partial charge in [0.2, 0.25) is 0 Å². The standard InChI is InChI=1S/C14H22N2O/c1-2-15-8-10-16(11-9-15)12-14(17)13-6-4-3-5-7-13/h3-7,14,17H,2,8-12H2,1H3/t14-/m0/s1. The van der Waals surface area contributed by atoms with Gasteiger partial charge in [0.15, 0.2) is 0 Å². The van der Waals surface area contributed by atoms with Gasteiger partial charge in [-0.2, -0.15) is 0 Å². The van der Waals surface area contributed by atoms with Gasteiger partial charge in [-0.3, -0.25) is 4.90 Å². The molecule has 1 saturated heterocycles. The van der Waals surface area contributed by atoms with Crippen LogP contribution >= 0.6 is 0 Å². The van der Waals surface area contributed by atoms with Crippen molar-refractivity contribution in [1.29, 1.82) is 0 Å². The highest BCUT2D eigenvalue weighted by Gasteiger charge is 2.18. The van der Waals surface area contributed by atoms with Crippen LogP contribution in [0.4, 0.5) is 0 Å². The van der Waals surface area contributed by atoms with Crippen molar-refractivity contribution in [3.8, 4) is 0 Å². The first-order chi connectivity index (χ1) is 8.29. The highest BCUT2D eigenvalue weighted by atomic mass is 16.3. The average molecular weight is 234 g/mol. The third-order valence-corrected chi connectivity index (χ3v) is 3.53. The molecule has 0 radical (unpaired) electrons. The lowest BCUT2D eigenvalue weighted by Crippen LogP contribution is -2.47. The second kappa shape index (κ2) is 6.15. The summed E-state index contributed by atoms with van der Waals surface area (Å²) in [5.74, 6) is 0. The number of benzene rings is 1. The van der Waals surface area contributed by atoms with Crippen molar-refractivity contribution in [1.82, 2.24) is 9.80 Å². The molecule has 1 heterocycles. The summed E-state index contributed by atoms with van der Waals surface area (Å²) in [6.45, 7) is 8.47. The number of hydrogen-bond donors (Lipinski definition) is 1. The Labute approximate surface area is 104 Å². The van der Waals surface area contributed by atoms with Crippen LogP contribution in [0, 0.1) is 0 Å². The summed E-state index contributed by atoms with van der Waals surface area (Å²) in [6, 6.07) is 9.93. The molecule has 0 aromatic heterocycles. The molecule has 1 fully saturated rings. The van der Waals surface area contributed by atoms with Crippen LogP contribution in [0.3, 0.4) is 0 Å². The Morgan fingerprint density at radius 2 is 1.65 bits per heavy atom. The number of aliphatic hydroxyl groups excluding tert-OH is 1. The first-order valence-electron chi connectivity index (χ1n) is 6.47. The maximum atomic E-state index is 10.1. The Kier molecular flexibility index (Phi) is 4.54. The Bertz CT molecular complexity index is 320. The van der Waals surface area contributed by atoms with E-state index in [4.69, 9.17) is 0 Å². The van der Waals surface area contributed by atoms with Gasteiger partial charge in [-0.1, -0.05) is 37.3 Å². The zero-order valence-electron chi connectivity index (χ0n) is 10.5. The summed E-state index contributed by atoms with van der Waals surface area (Å²) in [4.78, 5) is 4.80. The van der Waals surface area contributed by atoms with E-state index in [2.05, 4.69) is 16.7 Å². The Morgan fingerprint density at radius 1 is 1.06 bits per heavy atom. The molecule has 3 nitrogen and oxygen atoms in total. The number of aliphatic hydroxyl groups is 1. The van der Waals surface area contributed by atoms with E-state index in [1.54, 1.807) is 0 Å². The molecule has 1 N–H and O–H groups in total. The molecular formula is C14H22N2O. The second-order valence-corrected chi connectivity index (χ2v) is 4.66. The lowest BCUT2D eigenvalue weighted by atomic mass is 10.1. The summed E-state index contributed by atoms with van der Waals surface area (Å²) < 4.78 is 0. The first kappa shape index (κ1) is 12.6. The van der Waals surface area contributed by atoms with Crippen LogP contribution in [0.25, 0.3) is 0 Å². The van der Waals surface area contributed by atoms with Gasteiger partial charge in [0.25, 0.3) is 0 Å². The third kappa shape index (κ3) is 3.53. The quantitative estimate of drug-likeness (QED) is 0.852. The molecule has 94 valence electrons. The van der Waals surface area contributed by atoms with Gasteiger partial charge in [0, 0.05) is 32.7 Å². The zero-order valence-corrected chi connectivity index (χ0v) is 10.5. The van der Waals surface area contributed by atoms with Crippen molar-refractivity contribution in [2.75, 3.05) is 39.3 Å². The van der Waals surface area contributed by atoms with E-state index in [-0.39, 0.29) is 6.10 Å². The Morgan fingerprint density at radius 3 is 2.24 bits per heavy atom. The van der Waals surface area contributed by atoms with Crippen LogP contribution in [0.5, 0.6) is 0 Å². The summed E-state index contributed by atoms with van der Waals surface area (Å²) in [6.07, 6.45) is -0.357. The molecule has 1 atom stereocenters. The van der Waals surface area contributed by atoms with E-state index in [0.717, 1.165) is 44.8 Å². The SMILES string of the molecule is CCN1CCN(C[C@H](O)c2ccccc2)CC1. The van der Waals surface area contributed by atoms with Gasteiger partial charge < -0.3 is 10.0 Å². The fraction of sp³-hybridized carbons (Fsp3) is 0.571. The number of likely N-dealkylation sites (N-methyl/N-ethyl adjacent to an activating group) is 1. The van der Waals surface area contributed by atoms with Crippen molar-refractivity contribution < 1.29 is 5.11 Å². The third-order valence-electron chi connectivity index (χ3n) is 3.53. The largest absolute Gasteiger partial charge is 0.387 e. The molecule has 1 aliphatic heterocycles. The van der Waals surface area contributed by atoms with Crippen LogP contribution < -0.4 is 0 Å². The Balaban J connectivity index is 1.82. The second-order valence-electron chi connectivity index (χ2n) is 4.66. The summed E-state index contributed by atoms with van der Waals surface area (Å²) in [7, 11) is 0. The molecular weight excluding hydrogens is 212 g/mol. The molecule has 0 saturated carbocycles. The lowest BCUT2D eigenvalue weighted by molar-refractivity contribution is 0.0744. The maximum Gasteiger partial charge on any atom is 0.0916 e. The molecule has 1 aliphatic rings. The molecule has 1 aromatic carbocycles. The van der Waals surface area contributed by atoms with E-state index >= 15 is 0 Å². The molecule has 3 heteroatoms. The zero-order chi connectivity index (χ0) is 12.1. The van der Waals surface area contributed by atoms with Crippen LogP contribution in [0.1, 0.15) is 18.6 Å². The van der Waals surface area contributed by atoms with E-state index in [9.17, 15) is 5.11 Å². The van der Waals surface area contributed by atoms with Gasteiger partial charge in [0.05, 0.1) is 6.10 Å². The predicted octanol–water partition coefficient (Wildman–Crippen LogP) is 1.36. The molecule has 0 spiro atoms. The monoisotopic (exact) mass is 234 g/mol. The van der Waals surface area contributed by atoms with Crippen molar-refractivity contribution in [2.45, 2.75) is 13.0 Å². The number of nitrogens with zero attached hydrogens (tertiary/aromatic N) is 2. The van der Waals surface area contributed by atoms with Crippen LogP contribution in [-0.2, 0) is 0 Å². The fourth-order valence-electron chi connectivity index (χ4n) is 2.31. The van der Waals surface area contributed by atoms with Crippen molar-refractivity contribution in [2.24, 2.45) is 0 Å². The van der Waals surface area contributed by atoms with Gasteiger partial charge >= 0.3 is 0 Å². The summed E-state index contributed by atoms with van der Waals surface area (Å²) >= 11 is 0. The van der Waals surface area contributed by atoms with Crippen molar-refractivity contribution in [3.05, 3.63) is 35.9 Å². The van der Waals surface area contributed by atoms with Crippen LogP contribution in [0.2, 0.25) is 0 Å². The molecule has 0 bridgehead atoms. The maximum absolute atomic E-state index is 10.1. The highest BCUT2D eigenvalue weighted by Crippen LogP contribution is 2.14. The predicted molar refractivity (Wildman–Crippen MR) is 70.0 cm³/mol.